The van der Waals surface area contributed by atoms with Gasteiger partial charge >= 0.3 is 6.09 Å². The van der Waals surface area contributed by atoms with Crippen LogP contribution in [-0.4, -0.2) is 72.4 Å². The van der Waals surface area contributed by atoms with Crippen LogP contribution in [0.4, 0.5) is 20.6 Å². The largest absolute Gasteiger partial charge is 0.442 e. The van der Waals surface area contributed by atoms with Crippen LogP contribution in [0.2, 0.25) is 0 Å². The third-order valence-electron chi connectivity index (χ3n) is 5.68. The summed E-state index contributed by atoms with van der Waals surface area (Å²) >= 11 is 4.76. The quantitative estimate of drug-likeness (QED) is 0.472. The van der Waals surface area contributed by atoms with E-state index in [1.54, 1.807) is 41.6 Å². The van der Waals surface area contributed by atoms with E-state index in [0.717, 1.165) is 5.56 Å². The molecule has 2 aliphatic heterocycles. The Morgan fingerprint density at radius 2 is 1.97 bits per heavy atom. The summed E-state index contributed by atoms with van der Waals surface area (Å²) in [5, 5.41) is 2.88. The summed E-state index contributed by atoms with van der Waals surface area (Å²) < 4.78 is 20.2. The molecule has 3 N–H and O–H groups in total. The fourth-order valence-corrected chi connectivity index (χ4v) is 3.97. The number of benzene rings is 1. The number of amides is 2. The molecule has 178 valence electrons. The number of pyridine rings is 1. The second kappa shape index (κ2) is 10.5. The highest BCUT2D eigenvalue weighted by molar-refractivity contribution is 7.80. The minimum Gasteiger partial charge on any atom is -0.442 e. The van der Waals surface area contributed by atoms with Crippen molar-refractivity contribution in [2.75, 3.05) is 49.1 Å². The normalized spacial score (nSPS) is 18.3. The predicted molar refractivity (Wildman–Crippen MR) is 131 cm³/mol. The van der Waals surface area contributed by atoms with Gasteiger partial charge in [-0.25, -0.2) is 9.18 Å². The lowest BCUT2D eigenvalue weighted by Crippen LogP contribution is -2.48. The third kappa shape index (κ3) is 5.60. The highest BCUT2D eigenvalue weighted by Crippen LogP contribution is 2.28. The predicted octanol–water partition coefficient (Wildman–Crippen LogP) is 1.74. The molecule has 2 aromatic rings. The first-order valence-electron chi connectivity index (χ1n) is 10.8. The van der Waals surface area contributed by atoms with E-state index in [9.17, 15) is 14.0 Å². The molecule has 2 amide bonds. The summed E-state index contributed by atoms with van der Waals surface area (Å²) in [4.78, 5) is 33.6. The van der Waals surface area contributed by atoms with E-state index in [1.165, 1.54) is 11.0 Å². The van der Waals surface area contributed by atoms with Crippen LogP contribution in [0, 0.1) is 5.82 Å². The Labute approximate surface area is 202 Å². The van der Waals surface area contributed by atoms with Crippen LogP contribution >= 0.6 is 12.2 Å². The van der Waals surface area contributed by atoms with Crippen LogP contribution in [-0.2, 0) is 9.53 Å². The molecule has 0 spiro atoms. The first-order valence-corrected chi connectivity index (χ1v) is 11.2. The molecule has 0 saturated carbocycles. The molecule has 4 rings (SSSR count). The van der Waals surface area contributed by atoms with Gasteiger partial charge in [0.1, 0.15) is 11.9 Å². The van der Waals surface area contributed by atoms with Gasteiger partial charge in [-0.2, -0.15) is 0 Å². The van der Waals surface area contributed by atoms with Crippen LogP contribution in [0.25, 0.3) is 6.08 Å². The third-order valence-corrected chi connectivity index (χ3v) is 5.82. The van der Waals surface area contributed by atoms with Gasteiger partial charge in [0.25, 0.3) is 0 Å². The molecule has 0 unspecified atom stereocenters. The molecule has 2 aliphatic rings. The summed E-state index contributed by atoms with van der Waals surface area (Å²) in [7, 11) is 0. The van der Waals surface area contributed by atoms with Crippen molar-refractivity contribution in [3.8, 4) is 0 Å². The topological polar surface area (TPSA) is 104 Å². The molecule has 1 aromatic carbocycles. The molecule has 2 saturated heterocycles. The number of carbonyl (C=O) groups is 2. The van der Waals surface area contributed by atoms with Crippen molar-refractivity contribution in [2.24, 2.45) is 5.73 Å². The zero-order chi connectivity index (χ0) is 24.1. The van der Waals surface area contributed by atoms with Crippen LogP contribution in [0.1, 0.15) is 5.56 Å². The molecule has 34 heavy (non-hydrogen) atoms. The fourth-order valence-electron chi connectivity index (χ4n) is 3.89. The summed E-state index contributed by atoms with van der Waals surface area (Å²) in [6.45, 7) is 2.53. The van der Waals surface area contributed by atoms with Crippen LogP contribution in [0.15, 0.2) is 48.8 Å². The number of anilines is 2. The minimum absolute atomic E-state index is 0.0840. The molecule has 3 heterocycles. The number of nitrogens with zero attached hydrogens (tertiary/aromatic N) is 4. The highest BCUT2D eigenvalue weighted by atomic mass is 32.1. The number of cyclic esters (lactones) is 1. The number of aromatic nitrogens is 1. The second-order valence-electron chi connectivity index (χ2n) is 7.92. The lowest BCUT2D eigenvalue weighted by Gasteiger charge is -2.36. The maximum Gasteiger partial charge on any atom is 0.414 e. The second-order valence-corrected chi connectivity index (χ2v) is 8.36. The number of carbonyl (C=O) groups excluding carboxylic acids is 2. The highest BCUT2D eigenvalue weighted by Gasteiger charge is 2.33. The van der Waals surface area contributed by atoms with Gasteiger partial charge in [0, 0.05) is 44.6 Å². The van der Waals surface area contributed by atoms with E-state index in [0.29, 0.717) is 44.1 Å². The molecule has 1 atom stereocenters. The fraction of sp³-hybridized carbons (Fsp3) is 0.304. The smallest absolute Gasteiger partial charge is 0.414 e. The number of hydrogen-bond acceptors (Lipinski definition) is 6. The van der Waals surface area contributed by atoms with Gasteiger partial charge in [0.05, 0.1) is 24.5 Å². The summed E-state index contributed by atoms with van der Waals surface area (Å²) in [5.41, 5.74) is 7.16. The van der Waals surface area contributed by atoms with Gasteiger partial charge in [0.2, 0.25) is 5.91 Å². The number of rotatable bonds is 6. The Kier molecular flexibility index (Phi) is 7.21. The first kappa shape index (κ1) is 23.4. The summed E-state index contributed by atoms with van der Waals surface area (Å²) in [6, 6.07) is 8.32. The van der Waals surface area contributed by atoms with Crippen molar-refractivity contribution in [3.05, 3.63) is 60.2 Å². The zero-order valence-electron chi connectivity index (χ0n) is 18.4. The molecule has 1 aromatic heterocycles. The lowest BCUT2D eigenvalue weighted by molar-refractivity contribution is -0.126. The van der Waals surface area contributed by atoms with Crippen LogP contribution < -0.4 is 20.9 Å². The van der Waals surface area contributed by atoms with Crippen molar-refractivity contribution >= 4 is 46.8 Å². The van der Waals surface area contributed by atoms with Crippen LogP contribution in [0.5, 0.6) is 0 Å². The first-order chi connectivity index (χ1) is 16.4. The van der Waals surface area contributed by atoms with Crippen molar-refractivity contribution in [1.29, 1.82) is 0 Å². The van der Waals surface area contributed by atoms with Crippen molar-refractivity contribution in [2.45, 2.75) is 6.10 Å². The zero-order valence-corrected chi connectivity index (χ0v) is 19.2. The SMILES string of the molecule is NC(=S)NC[C@H]1CN(c2ccc(N3CCN(C(=O)C=Cc4ccncc4)CC3)c(F)c2)C(=O)O1. The van der Waals surface area contributed by atoms with E-state index in [1.807, 2.05) is 17.0 Å². The van der Waals surface area contributed by atoms with Crippen LogP contribution in [0.3, 0.4) is 0 Å². The molecule has 0 bridgehead atoms. The number of nitrogens with two attached hydrogens (primary N) is 1. The van der Waals surface area contributed by atoms with Gasteiger partial charge in [-0.1, -0.05) is 0 Å². The van der Waals surface area contributed by atoms with Gasteiger partial charge in [-0.15, -0.1) is 0 Å². The molecule has 0 aliphatic carbocycles. The molecular formula is C23H25FN6O3S. The summed E-state index contributed by atoms with van der Waals surface area (Å²) in [6.07, 6.45) is 5.65. The van der Waals surface area contributed by atoms with Crippen molar-refractivity contribution < 1.29 is 18.7 Å². The number of piperazine rings is 1. The number of hydrogen-bond donors (Lipinski definition) is 2. The van der Waals surface area contributed by atoms with Gasteiger partial charge < -0.3 is 25.6 Å². The minimum atomic E-state index is -0.547. The maximum atomic E-state index is 15.0. The Balaban J connectivity index is 1.33. The molecule has 9 nitrogen and oxygen atoms in total. The molecule has 2 fully saturated rings. The summed E-state index contributed by atoms with van der Waals surface area (Å²) in [5.74, 6) is -0.522. The Morgan fingerprint density at radius 3 is 2.65 bits per heavy atom. The van der Waals surface area contributed by atoms with E-state index in [4.69, 9.17) is 22.7 Å². The monoisotopic (exact) mass is 484 g/mol. The van der Waals surface area contributed by atoms with E-state index in [-0.39, 0.29) is 17.6 Å². The molecule has 0 radical (unpaired) electrons. The van der Waals surface area contributed by atoms with Crippen molar-refractivity contribution in [3.63, 3.8) is 0 Å². The number of nitrogens with one attached hydrogen (secondary N) is 1. The Morgan fingerprint density at radius 1 is 1.24 bits per heavy atom. The van der Waals surface area contributed by atoms with E-state index < -0.39 is 18.0 Å². The molecular weight excluding hydrogens is 459 g/mol. The Hall–Kier alpha value is -3.73. The lowest BCUT2D eigenvalue weighted by atomic mass is 10.2. The Bertz CT molecular complexity index is 1090. The number of ether oxygens (including phenoxy) is 1. The van der Waals surface area contributed by atoms with Gasteiger partial charge in [-0.05, 0) is 54.2 Å². The van der Waals surface area contributed by atoms with Gasteiger partial charge in [-0.3, -0.25) is 14.7 Å². The molecule has 11 heteroatoms. The average molecular weight is 485 g/mol. The standard InChI is InChI=1S/C23H25FN6O3S/c24-19-13-17(30-15-18(33-23(30)32)14-27-22(25)34)2-3-20(19)28-9-11-29(12-10-28)21(31)4-1-16-5-7-26-8-6-16/h1-8,13,18H,9-12,14-15H2,(H3,25,27,34)/t18-/m0/s1. The number of thiocarbonyl (C=S) groups is 1. The number of halogens is 1. The average Bonchev–Trinajstić information content (AvgIpc) is 3.22. The maximum absolute atomic E-state index is 15.0. The van der Waals surface area contributed by atoms with Gasteiger partial charge in [0.15, 0.2) is 5.11 Å². The van der Waals surface area contributed by atoms with E-state index in [2.05, 4.69) is 10.3 Å². The van der Waals surface area contributed by atoms with Crippen molar-refractivity contribution in [1.82, 2.24) is 15.2 Å². The van der Waals surface area contributed by atoms with E-state index >= 15 is 0 Å².